The van der Waals surface area contributed by atoms with Crippen molar-refractivity contribution in [2.75, 3.05) is 19.6 Å². The second-order valence-corrected chi connectivity index (χ2v) is 6.98. The molecule has 1 N–H and O–H groups in total. The molecule has 0 saturated carbocycles. The average molecular weight is 340 g/mol. The molecular formula is C18H20N4O3. The number of aliphatic hydroxyl groups is 1. The van der Waals surface area contributed by atoms with Gasteiger partial charge in [0.2, 0.25) is 5.91 Å². The van der Waals surface area contributed by atoms with Gasteiger partial charge in [-0.05, 0) is 25.5 Å². The highest BCUT2D eigenvalue weighted by Crippen LogP contribution is 2.26. The number of para-hydroxylation sites is 1. The van der Waals surface area contributed by atoms with E-state index in [0.717, 1.165) is 11.4 Å². The third kappa shape index (κ3) is 2.80. The van der Waals surface area contributed by atoms with Crippen molar-refractivity contribution < 1.29 is 14.7 Å². The largest absolute Gasteiger partial charge is 0.388 e. The predicted molar refractivity (Wildman–Crippen MR) is 90.1 cm³/mol. The molecular weight excluding hydrogens is 320 g/mol. The van der Waals surface area contributed by atoms with Crippen LogP contribution in [-0.2, 0) is 11.3 Å². The Morgan fingerprint density at radius 2 is 2.08 bits per heavy atom. The first-order valence-corrected chi connectivity index (χ1v) is 8.36. The fourth-order valence-corrected chi connectivity index (χ4v) is 3.47. The second kappa shape index (κ2) is 5.70. The number of aromatic nitrogens is 2. The Morgan fingerprint density at radius 3 is 2.76 bits per heavy atom. The van der Waals surface area contributed by atoms with Crippen LogP contribution in [0.4, 0.5) is 0 Å². The highest BCUT2D eigenvalue weighted by Gasteiger charge is 2.37. The SMILES string of the molecule is CC1(O)CCN(C(=O)CN2Cc3c(cnn3-c3ccccc3)C2=O)C1. The summed E-state index contributed by atoms with van der Waals surface area (Å²) in [6, 6.07) is 9.62. The zero-order valence-corrected chi connectivity index (χ0v) is 14.1. The van der Waals surface area contributed by atoms with Gasteiger partial charge in [0.25, 0.3) is 5.91 Å². The molecule has 1 unspecified atom stereocenters. The van der Waals surface area contributed by atoms with Crippen LogP contribution < -0.4 is 0 Å². The van der Waals surface area contributed by atoms with Crippen LogP contribution in [0.3, 0.4) is 0 Å². The number of β-amino-alcohol motifs (C(OH)–C–C–N with tert-alkyl or cyclic N) is 1. The molecule has 2 amide bonds. The van der Waals surface area contributed by atoms with Crippen molar-refractivity contribution in [1.29, 1.82) is 0 Å². The molecule has 1 fully saturated rings. The first kappa shape index (κ1) is 15.8. The van der Waals surface area contributed by atoms with Gasteiger partial charge in [-0.25, -0.2) is 4.68 Å². The van der Waals surface area contributed by atoms with Crippen molar-refractivity contribution in [2.45, 2.75) is 25.5 Å². The smallest absolute Gasteiger partial charge is 0.258 e. The molecule has 4 rings (SSSR count). The lowest BCUT2D eigenvalue weighted by Crippen LogP contribution is -2.41. The van der Waals surface area contributed by atoms with Crippen molar-refractivity contribution in [2.24, 2.45) is 0 Å². The van der Waals surface area contributed by atoms with E-state index in [1.807, 2.05) is 30.3 Å². The number of nitrogens with zero attached hydrogens (tertiary/aromatic N) is 4. The summed E-state index contributed by atoms with van der Waals surface area (Å²) in [5.41, 5.74) is 1.41. The topological polar surface area (TPSA) is 78.7 Å². The van der Waals surface area contributed by atoms with Gasteiger partial charge in [0.15, 0.2) is 0 Å². The number of carbonyl (C=O) groups excluding carboxylic acids is 2. The van der Waals surface area contributed by atoms with Gasteiger partial charge < -0.3 is 14.9 Å². The molecule has 0 bridgehead atoms. The van der Waals surface area contributed by atoms with Gasteiger partial charge in [0.1, 0.15) is 6.54 Å². The summed E-state index contributed by atoms with van der Waals surface area (Å²) in [7, 11) is 0. The van der Waals surface area contributed by atoms with Gasteiger partial charge in [-0.1, -0.05) is 18.2 Å². The molecule has 1 saturated heterocycles. The summed E-state index contributed by atoms with van der Waals surface area (Å²) >= 11 is 0. The molecule has 3 heterocycles. The van der Waals surface area contributed by atoms with Crippen LogP contribution in [0.2, 0.25) is 0 Å². The molecule has 2 aliphatic heterocycles. The molecule has 2 aromatic rings. The maximum Gasteiger partial charge on any atom is 0.258 e. The normalized spacial score (nSPS) is 22.6. The number of fused-ring (bicyclic) bond motifs is 1. The highest BCUT2D eigenvalue weighted by molar-refractivity contribution is 5.99. The summed E-state index contributed by atoms with van der Waals surface area (Å²) < 4.78 is 1.75. The fourth-order valence-electron chi connectivity index (χ4n) is 3.47. The van der Waals surface area contributed by atoms with E-state index < -0.39 is 5.60 Å². The summed E-state index contributed by atoms with van der Waals surface area (Å²) in [4.78, 5) is 28.2. The van der Waals surface area contributed by atoms with Crippen molar-refractivity contribution in [1.82, 2.24) is 19.6 Å². The monoisotopic (exact) mass is 340 g/mol. The van der Waals surface area contributed by atoms with E-state index in [1.165, 1.54) is 0 Å². The van der Waals surface area contributed by atoms with Gasteiger partial charge in [-0.3, -0.25) is 9.59 Å². The number of benzene rings is 1. The number of rotatable bonds is 3. The lowest BCUT2D eigenvalue weighted by atomic mass is 10.1. The quantitative estimate of drug-likeness (QED) is 0.897. The van der Waals surface area contributed by atoms with Crippen LogP contribution in [-0.4, -0.2) is 61.7 Å². The maximum atomic E-state index is 12.6. The number of likely N-dealkylation sites (tertiary alicyclic amines) is 1. The second-order valence-electron chi connectivity index (χ2n) is 6.98. The lowest BCUT2D eigenvalue weighted by molar-refractivity contribution is -0.131. The average Bonchev–Trinajstić information content (AvgIpc) is 3.24. The Bertz CT molecular complexity index is 828. The summed E-state index contributed by atoms with van der Waals surface area (Å²) in [5, 5.41) is 14.3. The molecule has 7 nitrogen and oxygen atoms in total. The molecule has 2 aliphatic rings. The molecule has 130 valence electrons. The van der Waals surface area contributed by atoms with Crippen LogP contribution in [0.5, 0.6) is 0 Å². The van der Waals surface area contributed by atoms with Crippen molar-refractivity contribution >= 4 is 11.8 Å². The number of carbonyl (C=O) groups is 2. The zero-order valence-electron chi connectivity index (χ0n) is 14.1. The summed E-state index contributed by atoms with van der Waals surface area (Å²) in [6.07, 6.45) is 2.13. The highest BCUT2D eigenvalue weighted by atomic mass is 16.3. The molecule has 0 spiro atoms. The van der Waals surface area contributed by atoms with Crippen molar-refractivity contribution in [3.8, 4) is 5.69 Å². The Labute approximate surface area is 145 Å². The Hall–Kier alpha value is -2.67. The molecule has 1 aromatic heterocycles. The number of hydrogen-bond donors (Lipinski definition) is 1. The van der Waals surface area contributed by atoms with E-state index >= 15 is 0 Å². The van der Waals surface area contributed by atoms with Crippen LogP contribution in [0.15, 0.2) is 36.5 Å². The molecule has 25 heavy (non-hydrogen) atoms. The van der Waals surface area contributed by atoms with E-state index in [0.29, 0.717) is 31.6 Å². The zero-order chi connectivity index (χ0) is 17.6. The minimum atomic E-state index is -0.832. The minimum Gasteiger partial charge on any atom is -0.388 e. The molecule has 0 radical (unpaired) electrons. The molecule has 7 heteroatoms. The van der Waals surface area contributed by atoms with Gasteiger partial charge in [0, 0.05) is 13.1 Å². The third-order valence-corrected chi connectivity index (χ3v) is 4.86. The fraction of sp³-hybridized carbons (Fsp3) is 0.389. The van der Waals surface area contributed by atoms with Crippen molar-refractivity contribution in [3.05, 3.63) is 47.8 Å². The lowest BCUT2D eigenvalue weighted by Gasteiger charge is -2.22. The molecule has 1 aromatic carbocycles. The standard InChI is InChI=1S/C18H20N4O3/c1-18(25)7-8-20(12-18)16(23)11-21-10-15-14(17(21)24)9-19-22(15)13-5-3-2-4-6-13/h2-6,9,25H,7-8,10-12H2,1H3. The predicted octanol–water partition coefficient (Wildman–Crippen LogP) is 0.811. The van der Waals surface area contributed by atoms with Crippen molar-refractivity contribution in [3.63, 3.8) is 0 Å². The van der Waals surface area contributed by atoms with E-state index in [4.69, 9.17) is 0 Å². The van der Waals surface area contributed by atoms with E-state index in [2.05, 4.69) is 5.10 Å². The van der Waals surface area contributed by atoms with Crippen LogP contribution in [0, 0.1) is 0 Å². The number of hydrogen-bond acceptors (Lipinski definition) is 4. The third-order valence-electron chi connectivity index (χ3n) is 4.86. The Balaban J connectivity index is 1.50. The maximum absolute atomic E-state index is 12.6. The van der Waals surface area contributed by atoms with Gasteiger partial charge in [0.05, 0.1) is 35.3 Å². The van der Waals surface area contributed by atoms with Gasteiger partial charge >= 0.3 is 0 Å². The van der Waals surface area contributed by atoms with E-state index in [-0.39, 0.29) is 18.4 Å². The van der Waals surface area contributed by atoms with Crippen LogP contribution >= 0.6 is 0 Å². The first-order chi connectivity index (χ1) is 11.9. The van der Waals surface area contributed by atoms with E-state index in [1.54, 1.807) is 27.6 Å². The summed E-state index contributed by atoms with van der Waals surface area (Å²) in [5.74, 6) is -0.299. The van der Waals surface area contributed by atoms with Gasteiger partial charge in [-0.15, -0.1) is 0 Å². The Kier molecular flexibility index (Phi) is 3.61. The molecule has 1 atom stereocenters. The minimum absolute atomic E-state index is 0.0262. The number of amides is 2. The van der Waals surface area contributed by atoms with Gasteiger partial charge in [-0.2, -0.15) is 5.10 Å². The summed E-state index contributed by atoms with van der Waals surface area (Å²) in [6.45, 7) is 2.96. The van der Waals surface area contributed by atoms with Crippen LogP contribution in [0.1, 0.15) is 29.4 Å². The van der Waals surface area contributed by atoms with E-state index in [9.17, 15) is 14.7 Å². The molecule has 0 aliphatic carbocycles. The first-order valence-electron chi connectivity index (χ1n) is 8.36. The Morgan fingerprint density at radius 1 is 1.32 bits per heavy atom. The van der Waals surface area contributed by atoms with Crippen LogP contribution in [0.25, 0.3) is 5.69 Å².